The Morgan fingerprint density at radius 1 is 0.280 bits per heavy atom. The molecular formula is C69H110O6. The molecule has 1 atom stereocenters. The average molecular weight is 1040 g/mol. The fourth-order valence-corrected chi connectivity index (χ4v) is 7.84. The van der Waals surface area contributed by atoms with Crippen LogP contribution in [0, 0.1) is 0 Å². The molecule has 0 aliphatic rings. The van der Waals surface area contributed by atoms with Crippen LogP contribution in [0.1, 0.15) is 252 Å². The van der Waals surface area contributed by atoms with Crippen LogP contribution in [-0.2, 0) is 28.6 Å². The van der Waals surface area contributed by atoms with Gasteiger partial charge in [0.05, 0.1) is 0 Å². The first-order valence-corrected chi connectivity index (χ1v) is 30.3. The molecule has 0 rings (SSSR count). The van der Waals surface area contributed by atoms with Gasteiger partial charge in [-0.05, 0) is 128 Å². The zero-order chi connectivity index (χ0) is 54.3. The van der Waals surface area contributed by atoms with E-state index in [0.29, 0.717) is 19.3 Å². The van der Waals surface area contributed by atoms with Gasteiger partial charge in [0, 0.05) is 19.3 Å². The fourth-order valence-electron chi connectivity index (χ4n) is 7.84. The van der Waals surface area contributed by atoms with Gasteiger partial charge in [-0.1, -0.05) is 250 Å². The Morgan fingerprint density at radius 3 is 0.867 bits per heavy atom. The second kappa shape index (κ2) is 61.8. The van der Waals surface area contributed by atoms with Crippen LogP contribution < -0.4 is 0 Å². The van der Waals surface area contributed by atoms with E-state index in [1.807, 2.05) is 12.2 Å². The molecule has 6 nitrogen and oxygen atoms in total. The second-order valence-corrected chi connectivity index (χ2v) is 19.5. The molecule has 0 aromatic rings. The lowest BCUT2D eigenvalue weighted by atomic mass is 10.1. The van der Waals surface area contributed by atoms with E-state index in [4.69, 9.17) is 14.2 Å². The number of esters is 3. The van der Waals surface area contributed by atoms with Crippen molar-refractivity contribution >= 4 is 17.9 Å². The van der Waals surface area contributed by atoms with E-state index in [1.165, 1.54) is 83.5 Å². The Morgan fingerprint density at radius 2 is 0.547 bits per heavy atom. The Balaban J connectivity index is 4.55. The van der Waals surface area contributed by atoms with E-state index in [1.54, 1.807) is 0 Å². The van der Waals surface area contributed by atoms with Crippen LogP contribution in [0.3, 0.4) is 0 Å². The predicted molar refractivity (Wildman–Crippen MR) is 325 cm³/mol. The van der Waals surface area contributed by atoms with Crippen LogP contribution >= 0.6 is 0 Å². The Bertz CT molecular complexity index is 1660. The van der Waals surface area contributed by atoms with Crippen LogP contribution in [-0.4, -0.2) is 37.2 Å². The van der Waals surface area contributed by atoms with Gasteiger partial charge in [0.25, 0.3) is 0 Å². The SMILES string of the molecule is CC/C=C\C/C=C\C/C=C\C/C=C\C/C=C\C/C=C\CCC(=O)OC(COC(=O)CCCCCC/C=C\C/C=C\C/C=C\C/C=C\CC)COC(=O)CCCCCCCCCCC/C=C\C/C=C\CCCCCCC. The van der Waals surface area contributed by atoms with Crippen LogP contribution in [0.5, 0.6) is 0 Å². The molecule has 1 unspecified atom stereocenters. The van der Waals surface area contributed by atoms with Crippen LogP contribution in [0.15, 0.2) is 146 Å². The van der Waals surface area contributed by atoms with Crippen LogP contribution in [0.4, 0.5) is 0 Å². The van der Waals surface area contributed by atoms with Crippen molar-refractivity contribution in [2.75, 3.05) is 13.2 Å². The molecule has 6 heteroatoms. The molecule has 75 heavy (non-hydrogen) atoms. The normalized spacial score (nSPS) is 13.2. The average Bonchev–Trinajstić information content (AvgIpc) is 3.41. The quantitative estimate of drug-likeness (QED) is 0.0261. The lowest BCUT2D eigenvalue weighted by Crippen LogP contribution is -2.30. The van der Waals surface area contributed by atoms with E-state index in [2.05, 4.69) is 154 Å². The first kappa shape index (κ1) is 70.3. The molecule has 0 bridgehead atoms. The number of carbonyl (C=O) groups is 3. The highest BCUT2D eigenvalue weighted by Crippen LogP contribution is 2.14. The van der Waals surface area contributed by atoms with Gasteiger partial charge in [-0.15, -0.1) is 0 Å². The minimum Gasteiger partial charge on any atom is -0.462 e. The Hall–Kier alpha value is -4.71. The molecule has 422 valence electrons. The van der Waals surface area contributed by atoms with Gasteiger partial charge in [0.15, 0.2) is 6.10 Å². The van der Waals surface area contributed by atoms with Crippen molar-refractivity contribution in [3.8, 4) is 0 Å². The van der Waals surface area contributed by atoms with Gasteiger partial charge in [-0.3, -0.25) is 14.4 Å². The molecule has 0 fully saturated rings. The molecule has 0 spiro atoms. The fraction of sp³-hybridized carbons (Fsp3) is 0.609. The summed E-state index contributed by atoms with van der Waals surface area (Å²) in [7, 11) is 0. The van der Waals surface area contributed by atoms with Gasteiger partial charge in [-0.25, -0.2) is 0 Å². The monoisotopic (exact) mass is 1030 g/mol. The summed E-state index contributed by atoms with van der Waals surface area (Å²) in [5.41, 5.74) is 0. The molecule has 0 radical (unpaired) electrons. The lowest BCUT2D eigenvalue weighted by molar-refractivity contribution is -0.166. The van der Waals surface area contributed by atoms with Crippen molar-refractivity contribution in [3.63, 3.8) is 0 Å². The van der Waals surface area contributed by atoms with Crippen molar-refractivity contribution in [3.05, 3.63) is 146 Å². The van der Waals surface area contributed by atoms with E-state index >= 15 is 0 Å². The van der Waals surface area contributed by atoms with Gasteiger partial charge in [-0.2, -0.15) is 0 Å². The summed E-state index contributed by atoms with van der Waals surface area (Å²) >= 11 is 0. The van der Waals surface area contributed by atoms with Crippen LogP contribution in [0.25, 0.3) is 0 Å². The zero-order valence-corrected chi connectivity index (χ0v) is 48.3. The highest BCUT2D eigenvalue weighted by atomic mass is 16.6. The van der Waals surface area contributed by atoms with Crippen molar-refractivity contribution in [1.82, 2.24) is 0 Å². The smallest absolute Gasteiger partial charge is 0.306 e. The maximum Gasteiger partial charge on any atom is 0.306 e. The number of hydrogen-bond acceptors (Lipinski definition) is 6. The molecule has 0 amide bonds. The predicted octanol–water partition coefficient (Wildman–Crippen LogP) is 20.8. The summed E-state index contributed by atoms with van der Waals surface area (Å²) in [5.74, 6) is -1.04. The van der Waals surface area contributed by atoms with E-state index < -0.39 is 12.1 Å². The number of carbonyl (C=O) groups excluding carboxylic acids is 3. The lowest BCUT2D eigenvalue weighted by Gasteiger charge is -2.18. The molecular weight excluding hydrogens is 925 g/mol. The largest absolute Gasteiger partial charge is 0.462 e. The summed E-state index contributed by atoms with van der Waals surface area (Å²) in [4.78, 5) is 38.2. The molecule has 0 heterocycles. The summed E-state index contributed by atoms with van der Waals surface area (Å²) in [6.45, 7) is 6.31. The number of allylic oxidation sites excluding steroid dienone is 24. The highest BCUT2D eigenvalue weighted by molar-refractivity contribution is 5.71. The molecule has 0 N–H and O–H groups in total. The summed E-state index contributed by atoms with van der Waals surface area (Å²) < 4.78 is 16.8. The molecule has 0 aliphatic carbocycles. The summed E-state index contributed by atoms with van der Waals surface area (Å²) in [5, 5.41) is 0. The second-order valence-electron chi connectivity index (χ2n) is 19.5. The minimum absolute atomic E-state index is 0.124. The first-order chi connectivity index (χ1) is 37.0. The summed E-state index contributed by atoms with van der Waals surface area (Å²) in [6.07, 6.45) is 88.5. The van der Waals surface area contributed by atoms with Crippen LogP contribution in [0.2, 0.25) is 0 Å². The standard InChI is InChI=1S/C69H110O6/c1-4-7-10-13-16-19-22-25-28-31-33-34-36-38-41-44-47-50-53-56-59-62-68(71)74-65-66(64-73-67(70)61-58-55-52-49-46-43-40-37-30-27-24-21-18-15-12-9-6-3)75-69(72)63-60-57-54-51-48-45-42-39-35-32-29-26-23-20-17-14-11-8-5-2/h8-9,11-12,17-18,20-22,25-27,29-31,33,35,39-40,43,45,48,54,57,66H,4-7,10,13-16,19,23-24,28,32,34,36-38,41-42,44,46-47,49-53,55-56,58-65H2,1-3H3/b11-8-,12-9-,20-17-,21-18-,25-22-,29-26-,30-27-,33-31-,39-35-,43-40-,48-45-,57-54-. The number of rotatable bonds is 53. The minimum atomic E-state index is -0.838. The maximum atomic E-state index is 12.9. The molecule has 0 saturated heterocycles. The molecule has 0 aromatic carbocycles. The highest BCUT2D eigenvalue weighted by Gasteiger charge is 2.19. The van der Waals surface area contributed by atoms with Gasteiger partial charge in [0.2, 0.25) is 0 Å². The van der Waals surface area contributed by atoms with E-state index in [9.17, 15) is 14.4 Å². The van der Waals surface area contributed by atoms with Gasteiger partial charge < -0.3 is 14.2 Å². The van der Waals surface area contributed by atoms with Crippen molar-refractivity contribution in [1.29, 1.82) is 0 Å². The van der Waals surface area contributed by atoms with Crippen molar-refractivity contribution in [2.24, 2.45) is 0 Å². The van der Waals surface area contributed by atoms with E-state index in [0.717, 1.165) is 122 Å². The number of hydrogen-bond donors (Lipinski definition) is 0. The third kappa shape index (κ3) is 60.0. The topological polar surface area (TPSA) is 78.9 Å². The first-order valence-electron chi connectivity index (χ1n) is 30.3. The zero-order valence-electron chi connectivity index (χ0n) is 48.3. The molecule has 0 aliphatic heterocycles. The molecule has 0 saturated carbocycles. The maximum absolute atomic E-state index is 12.9. The third-order valence-electron chi connectivity index (χ3n) is 12.3. The van der Waals surface area contributed by atoms with Gasteiger partial charge in [0.1, 0.15) is 13.2 Å². The van der Waals surface area contributed by atoms with E-state index in [-0.39, 0.29) is 31.6 Å². The summed E-state index contributed by atoms with van der Waals surface area (Å²) in [6, 6.07) is 0. The van der Waals surface area contributed by atoms with Gasteiger partial charge >= 0.3 is 17.9 Å². The van der Waals surface area contributed by atoms with Crippen molar-refractivity contribution < 1.29 is 28.6 Å². The number of unbranched alkanes of at least 4 members (excludes halogenated alkanes) is 18. The number of ether oxygens (including phenoxy) is 3. The van der Waals surface area contributed by atoms with Crippen molar-refractivity contribution in [2.45, 2.75) is 258 Å². The molecule has 0 aromatic heterocycles. The Kier molecular flexibility index (Phi) is 58.0. The Labute approximate surface area is 461 Å². The third-order valence-corrected chi connectivity index (χ3v) is 12.3.